The third-order valence-corrected chi connectivity index (χ3v) is 1.60. The van der Waals surface area contributed by atoms with Gasteiger partial charge in [-0.3, -0.25) is 4.79 Å². The first-order chi connectivity index (χ1) is 5.34. The number of ether oxygens (including phenoxy) is 1. The van der Waals surface area contributed by atoms with E-state index in [0.717, 1.165) is 0 Å². The molecule has 0 unspecified atom stereocenters. The van der Waals surface area contributed by atoms with Gasteiger partial charge in [0, 0.05) is 6.54 Å². The van der Waals surface area contributed by atoms with Crippen molar-refractivity contribution in [2.45, 2.75) is 6.42 Å². The van der Waals surface area contributed by atoms with Crippen LogP contribution in [0.2, 0.25) is 0 Å². The summed E-state index contributed by atoms with van der Waals surface area (Å²) < 4.78 is 5.11. The fraction of sp³-hybridized carbons (Fsp3) is 0.625. The molecular weight excluding hydrogens is 142 g/mol. The molecule has 0 N–H and O–H groups in total. The van der Waals surface area contributed by atoms with Crippen molar-refractivity contribution in [1.82, 2.24) is 4.90 Å². The van der Waals surface area contributed by atoms with Gasteiger partial charge in [0.2, 0.25) is 5.91 Å². The van der Waals surface area contributed by atoms with E-state index in [4.69, 9.17) is 11.2 Å². The van der Waals surface area contributed by atoms with Crippen LogP contribution in [0.15, 0.2) is 0 Å². The summed E-state index contributed by atoms with van der Waals surface area (Å²) in [5.74, 6) is 2.54. The molecule has 11 heavy (non-hydrogen) atoms. The molecular formula is C8H11NO2. The standard InChI is InChI=1S/C8H11NO2/c1-2-4-9-5-7-11-6-3-8(9)10/h1H,3-7H2. The molecule has 1 amide bonds. The molecule has 0 aromatic rings. The SMILES string of the molecule is C#CCN1CCOCCC1=O. The highest BCUT2D eigenvalue weighted by molar-refractivity contribution is 5.76. The zero-order valence-electron chi connectivity index (χ0n) is 6.38. The molecule has 1 fully saturated rings. The fourth-order valence-corrected chi connectivity index (χ4v) is 0.997. The normalized spacial score (nSPS) is 19.2. The molecule has 0 aliphatic carbocycles. The van der Waals surface area contributed by atoms with Crippen molar-refractivity contribution in [2.24, 2.45) is 0 Å². The molecule has 1 aliphatic heterocycles. The molecule has 0 saturated carbocycles. The highest BCUT2D eigenvalue weighted by Crippen LogP contribution is 1.99. The smallest absolute Gasteiger partial charge is 0.225 e. The number of hydrogen-bond acceptors (Lipinski definition) is 2. The van der Waals surface area contributed by atoms with Crippen molar-refractivity contribution in [3.8, 4) is 12.3 Å². The number of hydrogen-bond donors (Lipinski definition) is 0. The minimum Gasteiger partial charge on any atom is -0.379 e. The van der Waals surface area contributed by atoms with Gasteiger partial charge < -0.3 is 9.64 Å². The maximum absolute atomic E-state index is 11.2. The first-order valence-electron chi connectivity index (χ1n) is 3.63. The molecule has 1 saturated heterocycles. The molecule has 1 heterocycles. The van der Waals surface area contributed by atoms with E-state index in [2.05, 4.69) is 5.92 Å². The van der Waals surface area contributed by atoms with E-state index in [0.29, 0.717) is 32.7 Å². The number of amides is 1. The number of terminal acetylenes is 1. The summed E-state index contributed by atoms with van der Waals surface area (Å²) in [6, 6.07) is 0. The number of nitrogens with zero attached hydrogens (tertiary/aromatic N) is 1. The minimum atomic E-state index is 0.0976. The molecule has 0 bridgehead atoms. The minimum absolute atomic E-state index is 0.0976. The van der Waals surface area contributed by atoms with Crippen LogP contribution < -0.4 is 0 Å². The summed E-state index contributed by atoms with van der Waals surface area (Å²) in [6.07, 6.45) is 5.55. The largest absolute Gasteiger partial charge is 0.379 e. The van der Waals surface area contributed by atoms with Gasteiger partial charge in [-0.1, -0.05) is 5.92 Å². The zero-order valence-corrected chi connectivity index (χ0v) is 6.38. The van der Waals surface area contributed by atoms with E-state index in [9.17, 15) is 4.79 Å². The van der Waals surface area contributed by atoms with Gasteiger partial charge in [0.1, 0.15) is 0 Å². The predicted octanol–water partition coefficient (Wildman–Crippen LogP) is -0.131. The first-order valence-corrected chi connectivity index (χ1v) is 3.63. The molecule has 0 spiro atoms. The monoisotopic (exact) mass is 153 g/mol. The summed E-state index contributed by atoms with van der Waals surface area (Å²) in [5, 5.41) is 0. The van der Waals surface area contributed by atoms with Crippen molar-refractivity contribution in [2.75, 3.05) is 26.3 Å². The number of carbonyl (C=O) groups excluding carboxylic acids is 1. The molecule has 1 rings (SSSR count). The van der Waals surface area contributed by atoms with Gasteiger partial charge in [-0.15, -0.1) is 6.42 Å². The molecule has 3 heteroatoms. The van der Waals surface area contributed by atoms with Crippen LogP contribution in [-0.4, -0.2) is 37.1 Å². The van der Waals surface area contributed by atoms with Crippen molar-refractivity contribution in [3.05, 3.63) is 0 Å². The van der Waals surface area contributed by atoms with Crippen LogP contribution in [0.5, 0.6) is 0 Å². The second-order valence-electron chi connectivity index (χ2n) is 2.38. The topological polar surface area (TPSA) is 29.5 Å². The van der Waals surface area contributed by atoms with Crippen LogP contribution in [-0.2, 0) is 9.53 Å². The molecule has 0 atom stereocenters. The Balaban J connectivity index is 2.47. The van der Waals surface area contributed by atoms with E-state index in [1.54, 1.807) is 4.90 Å². The van der Waals surface area contributed by atoms with Crippen molar-refractivity contribution in [3.63, 3.8) is 0 Å². The van der Waals surface area contributed by atoms with E-state index in [-0.39, 0.29) is 5.91 Å². The average Bonchev–Trinajstić information content (AvgIpc) is 2.18. The van der Waals surface area contributed by atoms with Crippen molar-refractivity contribution < 1.29 is 9.53 Å². The van der Waals surface area contributed by atoms with Crippen LogP contribution in [0.25, 0.3) is 0 Å². The van der Waals surface area contributed by atoms with Crippen molar-refractivity contribution in [1.29, 1.82) is 0 Å². The first kappa shape index (κ1) is 8.09. The number of carbonyl (C=O) groups is 1. The van der Waals surface area contributed by atoms with Crippen molar-refractivity contribution >= 4 is 5.91 Å². The van der Waals surface area contributed by atoms with Gasteiger partial charge in [-0.05, 0) is 0 Å². The van der Waals surface area contributed by atoms with E-state index < -0.39 is 0 Å². The quantitative estimate of drug-likeness (QED) is 0.491. The van der Waals surface area contributed by atoms with Crippen LogP contribution in [0.4, 0.5) is 0 Å². The molecule has 0 radical (unpaired) electrons. The third-order valence-electron chi connectivity index (χ3n) is 1.60. The van der Waals surface area contributed by atoms with E-state index in [1.165, 1.54) is 0 Å². The lowest BCUT2D eigenvalue weighted by molar-refractivity contribution is -0.129. The molecule has 1 aliphatic rings. The lowest BCUT2D eigenvalue weighted by Gasteiger charge is -2.15. The lowest BCUT2D eigenvalue weighted by Crippen LogP contribution is -2.31. The van der Waals surface area contributed by atoms with Crippen LogP contribution in [0.3, 0.4) is 0 Å². The van der Waals surface area contributed by atoms with Crippen LogP contribution in [0, 0.1) is 12.3 Å². The van der Waals surface area contributed by atoms with Gasteiger partial charge in [-0.25, -0.2) is 0 Å². The summed E-state index contributed by atoms with van der Waals surface area (Å²) in [4.78, 5) is 12.8. The highest BCUT2D eigenvalue weighted by Gasteiger charge is 2.14. The Kier molecular flexibility index (Phi) is 2.94. The number of rotatable bonds is 1. The molecule has 0 aromatic heterocycles. The maximum atomic E-state index is 11.2. The fourth-order valence-electron chi connectivity index (χ4n) is 0.997. The molecule has 0 aromatic carbocycles. The predicted molar refractivity (Wildman–Crippen MR) is 40.8 cm³/mol. The van der Waals surface area contributed by atoms with Gasteiger partial charge >= 0.3 is 0 Å². The Labute approximate surface area is 66.3 Å². The Morgan fingerprint density at radius 3 is 3.18 bits per heavy atom. The highest BCUT2D eigenvalue weighted by atomic mass is 16.5. The van der Waals surface area contributed by atoms with Gasteiger partial charge in [0.25, 0.3) is 0 Å². The summed E-state index contributed by atoms with van der Waals surface area (Å²) >= 11 is 0. The second-order valence-corrected chi connectivity index (χ2v) is 2.38. The van der Waals surface area contributed by atoms with E-state index in [1.807, 2.05) is 0 Å². The van der Waals surface area contributed by atoms with Gasteiger partial charge in [0.15, 0.2) is 0 Å². The maximum Gasteiger partial charge on any atom is 0.225 e. The summed E-state index contributed by atoms with van der Waals surface area (Å²) in [7, 11) is 0. The average molecular weight is 153 g/mol. The van der Waals surface area contributed by atoms with E-state index >= 15 is 0 Å². The second kappa shape index (κ2) is 3.99. The lowest BCUT2D eigenvalue weighted by atomic mass is 10.4. The Hall–Kier alpha value is -1.01. The van der Waals surface area contributed by atoms with Crippen LogP contribution in [0.1, 0.15) is 6.42 Å². The molecule has 60 valence electrons. The van der Waals surface area contributed by atoms with Gasteiger partial charge in [0.05, 0.1) is 26.2 Å². The zero-order chi connectivity index (χ0) is 8.10. The summed E-state index contributed by atoms with van der Waals surface area (Å²) in [5.41, 5.74) is 0. The third kappa shape index (κ3) is 2.24. The Morgan fingerprint density at radius 2 is 2.45 bits per heavy atom. The van der Waals surface area contributed by atoms with Crippen LogP contribution >= 0.6 is 0 Å². The van der Waals surface area contributed by atoms with Gasteiger partial charge in [-0.2, -0.15) is 0 Å². The Morgan fingerprint density at radius 1 is 1.64 bits per heavy atom. The Bertz CT molecular complexity index is 183. The molecule has 3 nitrogen and oxygen atoms in total. The summed E-state index contributed by atoms with van der Waals surface area (Å²) in [6.45, 7) is 2.17.